The molecule has 1 heterocycles. The molecule has 9 heteroatoms. The van der Waals surface area contributed by atoms with Crippen LogP contribution >= 0.6 is 0 Å². The fraction of sp³-hybridized carbons (Fsp3) is 0.652. The average Bonchev–Trinajstić information content (AvgIpc) is 2.72. The first kappa shape index (κ1) is 21.9. The number of nitrogens with one attached hydrogen (secondary N) is 1. The van der Waals surface area contributed by atoms with Gasteiger partial charge in [0.05, 0.1) is 16.9 Å². The predicted octanol–water partition coefficient (Wildman–Crippen LogP) is 1.63. The average molecular weight is 461 g/mol. The van der Waals surface area contributed by atoms with Crippen LogP contribution in [-0.2, 0) is 19.6 Å². The van der Waals surface area contributed by atoms with Gasteiger partial charge in [-0.3, -0.25) is 14.5 Å². The number of primary sulfonamides is 1. The zero-order chi connectivity index (χ0) is 22.5. The third-order valence-corrected chi connectivity index (χ3v) is 8.91. The normalized spacial score (nSPS) is 32.2. The molecular formula is C23H32N4O4S. The molecule has 4 saturated carbocycles. The number of rotatable bonds is 5. The Bertz CT molecular complexity index is 964. The van der Waals surface area contributed by atoms with Crippen molar-refractivity contribution < 1.29 is 18.0 Å². The van der Waals surface area contributed by atoms with E-state index in [1.807, 2.05) is 4.90 Å². The number of nitrogens with zero attached hydrogens (tertiary/aromatic N) is 2. The second kappa shape index (κ2) is 8.11. The molecule has 5 fully saturated rings. The first-order chi connectivity index (χ1) is 15.2. The Morgan fingerprint density at radius 1 is 0.938 bits per heavy atom. The number of benzene rings is 1. The summed E-state index contributed by atoms with van der Waals surface area (Å²) in [4.78, 5) is 30.1. The number of anilines is 1. The molecule has 1 aromatic carbocycles. The van der Waals surface area contributed by atoms with Gasteiger partial charge in [0, 0.05) is 31.9 Å². The second-order valence-corrected chi connectivity index (χ2v) is 11.9. The topological polar surface area (TPSA) is 113 Å². The van der Waals surface area contributed by atoms with Crippen LogP contribution in [0.4, 0.5) is 5.69 Å². The number of carbonyl (C=O) groups is 2. The lowest BCUT2D eigenvalue weighted by molar-refractivity contribution is -0.159. The van der Waals surface area contributed by atoms with E-state index in [1.165, 1.54) is 43.5 Å². The molecule has 4 aliphatic carbocycles. The van der Waals surface area contributed by atoms with Gasteiger partial charge in [0.2, 0.25) is 21.8 Å². The molecule has 1 saturated heterocycles. The van der Waals surface area contributed by atoms with Gasteiger partial charge in [0.15, 0.2) is 0 Å². The van der Waals surface area contributed by atoms with Crippen molar-refractivity contribution in [2.45, 2.75) is 43.4 Å². The van der Waals surface area contributed by atoms with Gasteiger partial charge >= 0.3 is 0 Å². The van der Waals surface area contributed by atoms with Gasteiger partial charge in [-0.2, -0.15) is 0 Å². The molecular weight excluding hydrogens is 428 g/mol. The molecule has 8 nitrogen and oxygen atoms in total. The third kappa shape index (κ3) is 4.30. The zero-order valence-electron chi connectivity index (χ0n) is 18.3. The maximum absolute atomic E-state index is 13.5. The third-order valence-electron chi connectivity index (χ3n) is 7.99. The lowest BCUT2D eigenvalue weighted by atomic mass is 9.49. The lowest BCUT2D eigenvalue weighted by Crippen LogP contribution is -2.58. The number of hydrogen-bond donors (Lipinski definition) is 2. The van der Waals surface area contributed by atoms with Gasteiger partial charge in [-0.25, -0.2) is 13.6 Å². The number of carbonyl (C=O) groups excluding carboxylic acids is 2. The van der Waals surface area contributed by atoms with Crippen LogP contribution in [0.5, 0.6) is 0 Å². The van der Waals surface area contributed by atoms with E-state index in [9.17, 15) is 18.0 Å². The molecule has 0 spiro atoms. The molecule has 32 heavy (non-hydrogen) atoms. The van der Waals surface area contributed by atoms with Crippen LogP contribution in [-0.4, -0.2) is 62.8 Å². The summed E-state index contributed by atoms with van der Waals surface area (Å²) in [5.74, 6) is 2.49. The van der Waals surface area contributed by atoms with Gasteiger partial charge in [0.1, 0.15) is 0 Å². The van der Waals surface area contributed by atoms with Gasteiger partial charge in [-0.1, -0.05) is 0 Å². The Balaban J connectivity index is 1.12. The first-order valence-corrected chi connectivity index (χ1v) is 13.2. The van der Waals surface area contributed by atoms with Crippen LogP contribution in [0.2, 0.25) is 0 Å². The molecule has 1 aliphatic heterocycles. The fourth-order valence-corrected chi connectivity index (χ4v) is 7.46. The summed E-state index contributed by atoms with van der Waals surface area (Å²) in [5.41, 5.74) is 0.426. The number of piperazine rings is 1. The van der Waals surface area contributed by atoms with E-state index in [0.29, 0.717) is 37.8 Å². The Morgan fingerprint density at radius 3 is 1.97 bits per heavy atom. The summed E-state index contributed by atoms with van der Waals surface area (Å²) in [6.07, 6.45) is 7.26. The van der Waals surface area contributed by atoms with Crippen LogP contribution in [0.25, 0.3) is 0 Å². The molecule has 4 bridgehead atoms. The first-order valence-electron chi connectivity index (χ1n) is 11.6. The fourth-order valence-electron chi connectivity index (χ4n) is 6.95. The molecule has 6 rings (SSSR count). The smallest absolute Gasteiger partial charge is 0.238 e. The highest BCUT2D eigenvalue weighted by Crippen LogP contribution is 2.60. The van der Waals surface area contributed by atoms with Gasteiger partial charge in [-0.15, -0.1) is 0 Å². The zero-order valence-corrected chi connectivity index (χ0v) is 19.1. The quantitative estimate of drug-likeness (QED) is 0.694. The molecule has 0 unspecified atom stereocenters. The molecule has 5 aliphatic rings. The van der Waals surface area contributed by atoms with Crippen LogP contribution in [0.1, 0.15) is 38.5 Å². The predicted molar refractivity (Wildman–Crippen MR) is 120 cm³/mol. The highest BCUT2D eigenvalue weighted by atomic mass is 32.2. The van der Waals surface area contributed by atoms with Crippen molar-refractivity contribution >= 4 is 27.5 Å². The number of hydrogen-bond acceptors (Lipinski definition) is 5. The largest absolute Gasteiger partial charge is 0.340 e. The minimum Gasteiger partial charge on any atom is -0.340 e. The minimum atomic E-state index is -3.75. The Labute approximate surface area is 189 Å². The van der Waals surface area contributed by atoms with E-state index in [4.69, 9.17) is 5.14 Å². The van der Waals surface area contributed by atoms with E-state index in [2.05, 4.69) is 10.2 Å². The summed E-state index contributed by atoms with van der Waals surface area (Å²) in [5, 5.41) is 7.89. The van der Waals surface area contributed by atoms with Gasteiger partial charge in [-0.05, 0) is 80.5 Å². The van der Waals surface area contributed by atoms with Crippen molar-refractivity contribution in [3.63, 3.8) is 0 Å². The Hall–Kier alpha value is -1.97. The molecule has 0 atom stereocenters. The van der Waals surface area contributed by atoms with Crippen molar-refractivity contribution in [1.29, 1.82) is 0 Å². The van der Waals surface area contributed by atoms with Crippen LogP contribution < -0.4 is 10.5 Å². The summed E-state index contributed by atoms with van der Waals surface area (Å²) in [6.45, 7) is 2.98. The van der Waals surface area contributed by atoms with Crippen LogP contribution in [0, 0.1) is 23.2 Å². The highest BCUT2D eigenvalue weighted by Gasteiger charge is 2.55. The van der Waals surface area contributed by atoms with Gasteiger partial charge < -0.3 is 10.2 Å². The maximum Gasteiger partial charge on any atom is 0.238 e. The highest BCUT2D eigenvalue weighted by molar-refractivity contribution is 7.89. The van der Waals surface area contributed by atoms with E-state index >= 15 is 0 Å². The number of sulfonamides is 1. The van der Waals surface area contributed by atoms with Gasteiger partial charge in [0.25, 0.3) is 0 Å². The summed E-state index contributed by atoms with van der Waals surface area (Å²) < 4.78 is 22.7. The van der Waals surface area contributed by atoms with E-state index < -0.39 is 10.0 Å². The summed E-state index contributed by atoms with van der Waals surface area (Å²) >= 11 is 0. The van der Waals surface area contributed by atoms with Crippen LogP contribution in [0.15, 0.2) is 29.2 Å². The molecule has 3 N–H and O–H groups in total. The van der Waals surface area contributed by atoms with E-state index in [1.54, 1.807) is 0 Å². The van der Waals surface area contributed by atoms with Crippen LogP contribution in [0.3, 0.4) is 0 Å². The Kier molecular flexibility index (Phi) is 5.54. The van der Waals surface area contributed by atoms with E-state index in [0.717, 1.165) is 37.0 Å². The van der Waals surface area contributed by atoms with Crippen molar-refractivity contribution in [2.24, 2.45) is 28.3 Å². The monoisotopic (exact) mass is 460 g/mol. The van der Waals surface area contributed by atoms with Crippen molar-refractivity contribution in [1.82, 2.24) is 9.80 Å². The molecule has 174 valence electrons. The summed E-state index contributed by atoms with van der Waals surface area (Å²) in [7, 11) is -3.75. The standard InChI is InChI=1S/C23H32N4O4S/c24-32(30,31)20-3-1-19(2-4-20)25-21(28)15-26-5-7-27(8-6-26)22(29)23-12-16-9-17(13-23)11-18(10-16)14-23/h1-4,16-18H,5-15H2,(H,25,28)(H2,24,30,31). The van der Waals surface area contributed by atoms with Crippen molar-refractivity contribution in [2.75, 3.05) is 38.0 Å². The summed E-state index contributed by atoms with van der Waals surface area (Å²) in [6, 6.07) is 5.80. The molecule has 1 aromatic rings. The second-order valence-electron chi connectivity index (χ2n) is 10.4. The Morgan fingerprint density at radius 2 is 1.47 bits per heavy atom. The number of amides is 2. The van der Waals surface area contributed by atoms with Crippen molar-refractivity contribution in [3.8, 4) is 0 Å². The minimum absolute atomic E-state index is 0.00955. The van der Waals surface area contributed by atoms with E-state index in [-0.39, 0.29) is 22.8 Å². The molecule has 0 aromatic heterocycles. The SMILES string of the molecule is NS(=O)(=O)c1ccc(NC(=O)CN2CCN(C(=O)C34CC5CC(CC(C5)C3)C4)CC2)cc1. The lowest BCUT2D eigenvalue weighted by Gasteiger charge is -2.57. The molecule has 2 amide bonds. The number of nitrogens with two attached hydrogens (primary N) is 1. The molecule has 0 radical (unpaired) electrons. The van der Waals surface area contributed by atoms with Crippen molar-refractivity contribution in [3.05, 3.63) is 24.3 Å². The maximum atomic E-state index is 13.5.